The van der Waals surface area contributed by atoms with Crippen LogP contribution in [0.2, 0.25) is 0 Å². The average Bonchev–Trinajstić information content (AvgIpc) is 2.07. The van der Waals surface area contributed by atoms with E-state index in [9.17, 15) is 0 Å². The van der Waals surface area contributed by atoms with Crippen LogP contribution < -0.4 is 5.32 Å². The zero-order valence-corrected chi connectivity index (χ0v) is 10.2. The van der Waals surface area contributed by atoms with Crippen molar-refractivity contribution in [2.24, 2.45) is 0 Å². The normalized spacial score (nSPS) is 30.2. The molecule has 0 bridgehead atoms. The predicted molar refractivity (Wildman–Crippen MR) is 61.6 cm³/mol. The van der Waals surface area contributed by atoms with Crippen LogP contribution in [0.15, 0.2) is 0 Å². The molecule has 0 aromatic heterocycles. The minimum Gasteiger partial charge on any atom is -0.310 e. The van der Waals surface area contributed by atoms with Crippen molar-refractivity contribution < 1.29 is 0 Å². The zero-order chi connectivity index (χ0) is 10.7. The van der Waals surface area contributed by atoms with Crippen LogP contribution in [0.5, 0.6) is 0 Å². The Labute approximate surface area is 88.5 Å². The number of rotatable bonds is 3. The second-order valence-corrected chi connectivity index (χ2v) is 5.01. The molecular formula is C11H25N3. The van der Waals surface area contributed by atoms with Crippen molar-refractivity contribution in [1.82, 2.24) is 15.1 Å². The first-order chi connectivity index (χ1) is 6.50. The van der Waals surface area contributed by atoms with Gasteiger partial charge in [-0.25, -0.2) is 0 Å². The van der Waals surface area contributed by atoms with Gasteiger partial charge in [-0.2, -0.15) is 0 Å². The van der Waals surface area contributed by atoms with E-state index >= 15 is 0 Å². The van der Waals surface area contributed by atoms with Crippen molar-refractivity contribution in [2.75, 3.05) is 33.7 Å². The molecule has 1 rings (SSSR count). The summed E-state index contributed by atoms with van der Waals surface area (Å²) in [5, 5.41) is 3.60. The number of likely N-dealkylation sites (N-methyl/N-ethyl adjacent to an activating group) is 1. The number of hydrogen-bond donors (Lipinski definition) is 1. The fraction of sp³-hybridized carbons (Fsp3) is 1.00. The molecule has 1 saturated heterocycles. The second-order valence-electron chi connectivity index (χ2n) is 5.01. The average molecular weight is 199 g/mol. The highest BCUT2D eigenvalue weighted by atomic mass is 15.3. The number of hydrogen-bond acceptors (Lipinski definition) is 3. The van der Waals surface area contributed by atoms with Crippen molar-refractivity contribution in [3.63, 3.8) is 0 Å². The summed E-state index contributed by atoms with van der Waals surface area (Å²) < 4.78 is 0. The first-order valence-electron chi connectivity index (χ1n) is 5.64. The van der Waals surface area contributed by atoms with Gasteiger partial charge < -0.3 is 10.2 Å². The van der Waals surface area contributed by atoms with Gasteiger partial charge in [0.2, 0.25) is 0 Å². The monoisotopic (exact) mass is 199 g/mol. The van der Waals surface area contributed by atoms with Crippen molar-refractivity contribution in [3.05, 3.63) is 0 Å². The lowest BCUT2D eigenvalue weighted by atomic mass is 10.1. The zero-order valence-electron chi connectivity index (χ0n) is 10.2. The molecule has 14 heavy (non-hydrogen) atoms. The summed E-state index contributed by atoms with van der Waals surface area (Å²) in [4.78, 5) is 4.84. The van der Waals surface area contributed by atoms with E-state index in [1.54, 1.807) is 0 Å². The first-order valence-corrected chi connectivity index (χ1v) is 5.64. The van der Waals surface area contributed by atoms with Crippen molar-refractivity contribution in [3.8, 4) is 0 Å². The molecule has 0 radical (unpaired) electrons. The van der Waals surface area contributed by atoms with Gasteiger partial charge in [-0.1, -0.05) is 0 Å². The van der Waals surface area contributed by atoms with E-state index in [2.05, 4.69) is 50.0 Å². The highest BCUT2D eigenvalue weighted by Gasteiger charge is 2.26. The van der Waals surface area contributed by atoms with Crippen LogP contribution in [0.3, 0.4) is 0 Å². The smallest absolute Gasteiger partial charge is 0.0323 e. The molecular weight excluding hydrogens is 174 g/mol. The minimum absolute atomic E-state index is 0.628. The molecule has 1 fully saturated rings. The fourth-order valence-corrected chi connectivity index (χ4v) is 2.24. The molecule has 3 nitrogen and oxygen atoms in total. The molecule has 0 aliphatic carbocycles. The molecule has 1 aliphatic rings. The standard InChI is InChI=1S/C11H25N3/c1-9(2)14-8-11(7-13(4)5)12-6-10(14)3/h9-12H,6-8H2,1-5H3. The summed E-state index contributed by atoms with van der Waals surface area (Å²) in [6.45, 7) is 10.3. The first kappa shape index (κ1) is 12.0. The summed E-state index contributed by atoms with van der Waals surface area (Å²) in [5.74, 6) is 0. The van der Waals surface area contributed by atoms with Crippen LogP contribution in [0.25, 0.3) is 0 Å². The third kappa shape index (κ3) is 3.23. The largest absolute Gasteiger partial charge is 0.310 e. The third-order valence-electron chi connectivity index (χ3n) is 2.95. The van der Waals surface area contributed by atoms with Crippen LogP contribution in [0.4, 0.5) is 0 Å². The van der Waals surface area contributed by atoms with Crippen LogP contribution in [0.1, 0.15) is 20.8 Å². The Morgan fingerprint density at radius 2 is 2.07 bits per heavy atom. The maximum Gasteiger partial charge on any atom is 0.0323 e. The molecule has 0 aromatic rings. The summed E-state index contributed by atoms with van der Waals surface area (Å²) in [6.07, 6.45) is 0. The third-order valence-corrected chi connectivity index (χ3v) is 2.95. The second kappa shape index (κ2) is 5.10. The van der Waals surface area contributed by atoms with E-state index < -0.39 is 0 Å². The van der Waals surface area contributed by atoms with E-state index in [4.69, 9.17) is 0 Å². The molecule has 0 saturated carbocycles. The molecule has 1 N–H and O–H groups in total. The van der Waals surface area contributed by atoms with E-state index in [0.717, 1.165) is 13.1 Å². The van der Waals surface area contributed by atoms with Crippen LogP contribution in [0, 0.1) is 0 Å². The lowest BCUT2D eigenvalue weighted by Crippen LogP contribution is -2.59. The van der Waals surface area contributed by atoms with Gasteiger partial charge in [-0.3, -0.25) is 4.90 Å². The molecule has 0 spiro atoms. The summed E-state index contributed by atoms with van der Waals surface area (Å²) in [6, 6.07) is 1.97. The van der Waals surface area contributed by atoms with Gasteiger partial charge in [0.25, 0.3) is 0 Å². The quantitative estimate of drug-likeness (QED) is 0.719. The van der Waals surface area contributed by atoms with Crippen molar-refractivity contribution in [2.45, 2.75) is 38.9 Å². The van der Waals surface area contributed by atoms with E-state index in [-0.39, 0.29) is 0 Å². The maximum absolute atomic E-state index is 3.60. The Balaban J connectivity index is 2.45. The maximum atomic E-state index is 3.60. The predicted octanol–water partition coefficient (Wildman–Crippen LogP) is 0.619. The molecule has 0 amide bonds. The molecule has 1 aliphatic heterocycles. The van der Waals surface area contributed by atoms with E-state index in [1.165, 1.54) is 6.54 Å². The molecule has 84 valence electrons. The molecule has 1 heterocycles. The Kier molecular flexibility index (Phi) is 4.35. The Bertz CT molecular complexity index is 168. The summed E-state index contributed by atoms with van der Waals surface area (Å²) in [5.41, 5.74) is 0. The minimum atomic E-state index is 0.628. The van der Waals surface area contributed by atoms with E-state index in [0.29, 0.717) is 18.1 Å². The van der Waals surface area contributed by atoms with E-state index in [1.807, 2.05) is 0 Å². The van der Waals surface area contributed by atoms with Gasteiger partial charge in [0.05, 0.1) is 0 Å². The van der Waals surface area contributed by atoms with Crippen LogP contribution >= 0.6 is 0 Å². The lowest BCUT2D eigenvalue weighted by molar-refractivity contribution is 0.0975. The Morgan fingerprint density at radius 1 is 1.43 bits per heavy atom. The summed E-state index contributed by atoms with van der Waals surface area (Å²) in [7, 11) is 4.28. The van der Waals surface area contributed by atoms with Gasteiger partial charge in [-0.15, -0.1) is 0 Å². The van der Waals surface area contributed by atoms with Crippen LogP contribution in [-0.2, 0) is 0 Å². The number of piperazine rings is 1. The number of nitrogens with one attached hydrogen (secondary N) is 1. The Hall–Kier alpha value is -0.120. The molecule has 2 unspecified atom stereocenters. The van der Waals surface area contributed by atoms with Crippen molar-refractivity contribution in [1.29, 1.82) is 0 Å². The number of nitrogens with zero attached hydrogens (tertiary/aromatic N) is 2. The summed E-state index contributed by atoms with van der Waals surface area (Å²) >= 11 is 0. The Morgan fingerprint density at radius 3 is 2.57 bits per heavy atom. The van der Waals surface area contributed by atoms with Gasteiger partial charge in [0, 0.05) is 37.8 Å². The van der Waals surface area contributed by atoms with Gasteiger partial charge >= 0.3 is 0 Å². The topological polar surface area (TPSA) is 18.5 Å². The SMILES string of the molecule is CC(C)N1CC(CN(C)C)NCC1C. The van der Waals surface area contributed by atoms with Crippen molar-refractivity contribution >= 4 is 0 Å². The highest BCUT2D eigenvalue weighted by molar-refractivity contribution is 4.86. The molecule has 3 heteroatoms. The molecule has 2 atom stereocenters. The van der Waals surface area contributed by atoms with Gasteiger partial charge in [-0.05, 0) is 34.9 Å². The molecule has 0 aromatic carbocycles. The van der Waals surface area contributed by atoms with Crippen LogP contribution in [-0.4, -0.2) is 61.7 Å². The van der Waals surface area contributed by atoms with Gasteiger partial charge in [0.15, 0.2) is 0 Å². The fourth-order valence-electron chi connectivity index (χ4n) is 2.24. The lowest BCUT2D eigenvalue weighted by Gasteiger charge is -2.42. The highest BCUT2D eigenvalue weighted by Crippen LogP contribution is 2.10. The van der Waals surface area contributed by atoms with Gasteiger partial charge in [0.1, 0.15) is 0 Å².